The number of fused-ring (bicyclic) bond motifs is 5. The summed E-state index contributed by atoms with van der Waals surface area (Å²) in [5.41, 5.74) is -0.174. The normalized spacial score (nSPS) is 59.1. The highest BCUT2D eigenvalue weighted by Crippen LogP contribution is 2.68. The quantitative estimate of drug-likeness (QED) is 0.745. The van der Waals surface area contributed by atoms with Crippen LogP contribution in [0.25, 0.3) is 0 Å². The van der Waals surface area contributed by atoms with Crippen LogP contribution in [0.3, 0.4) is 0 Å². The van der Waals surface area contributed by atoms with E-state index in [9.17, 15) is 10.2 Å². The van der Waals surface area contributed by atoms with Crippen molar-refractivity contribution < 1.29 is 10.2 Å². The third-order valence-electron chi connectivity index (χ3n) is 9.62. The maximum absolute atomic E-state index is 11.2. The molecule has 2 N–H and O–H groups in total. The molecule has 4 aliphatic carbocycles. The first kappa shape index (κ1) is 16.4. The lowest BCUT2D eigenvalue weighted by atomic mass is 9.44. The molecule has 0 bridgehead atoms. The SMILES string of the molecule is CC[C@@]1(O)CC[C@H]2[C@@H]3CCC4CCCC(O)[C@]4(C)[C@H]3CC[C@@]21C. The van der Waals surface area contributed by atoms with Crippen molar-refractivity contribution in [3.8, 4) is 0 Å². The van der Waals surface area contributed by atoms with E-state index < -0.39 is 5.60 Å². The van der Waals surface area contributed by atoms with E-state index >= 15 is 0 Å². The van der Waals surface area contributed by atoms with Crippen LogP contribution in [0.2, 0.25) is 0 Å². The van der Waals surface area contributed by atoms with Crippen molar-refractivity contribution in [2.75, 3.05) is 0 Å². The van der Waals surface area contributed by atoms with Crippen molar-refractivity contribution in [3.63, 3.8) is 0 Å². The third-order valence-corrected chi connectivity index (χ3v) is 9.62. The van der Waals surface area contributed by atoms with Crippen molar-refractivity contribution in [3.05, 3.63) is 0 Å². The van der Waals surface area contributed by atoms with Gasteiger partial charge in [0.05, 0.1) is 11.7 Å². The summed E-state index contributed by atoms with van der Waals surface area (Å²) in [6, 6.07) is 0. The predicted octanol–water partition coefficient (Wildman–Crippen LogP) is 4.53. The number of hydrogen-bond acceptors (Lipinski definition) is 2. The molecule has 0 aromatic carbocycles. The topological polar surface area (TPSA) is 40.5 Å². The summed E-state index contributed by atoms with van der Waals surface area (Å²) in [7, 11) is 0. The van der Waals surface area contributed by atoms with E-state index in [1.54, 1.807) is 0 Å². The summed E-state index contributed by atoms with van der Waals surface area (Å²) >= 11 is 0. The smallest absolute Gasteiger partial charge is 0.0701 e. The summed E-state index contributed by atoms with van der Waals surface area (Å²) in [6.07, 6.45) is 11.6. The largest absolute Gasteiger partial charge is 0.393 e. The number of aliphatic hydroxyl groups is 2. The number of rotatable bonds is 1. The molecule has 2 heteroatoms. The molecule has 8 atom stereocenters. The minimum Gasteiger partial charge on any atom is -0.393 e. The third kappa shape index (κ3) is 1.94. The zero-order chi connectivity index (χ0) is 16.5. The standard InChI is InChI=1S/C21H36O2/c1-4-21(23)13-11-16-15-9-8-14-6-5-7-18(22)20(14,3)17(15)10-12-19(16,21)2/h14-18,22-23H,4-13H2,1-3H3/t14?,15-,16-,17-,18?,19-,20-,21+/m0/s1. The molecular weight excluding hydrogens is 284 g/mol. The molecule has 2 nitrogen and oxygen atoms in total. The van der Waals surface area contributed by atoms with Gasteiger partial charge in [-0.2, -0.15) is 0 Å². The van der Waals surface area contributed by atoms with Crippen LogP contribution in [-0.4, -0.2) is 21.9 Å². The molecule has 4 aliphatic rings. The molecule has 0 radical (unpaired) electrons. The van der Waals surface area contributed by atoms with Gasteiger partial charge in [0.15, 0.2) is 0 Å². The van der Waals surface area contributed by atoms with Crippen molar-refractivity contribution >= 4 is 0 Å². The minimum absolute atomic E-state index is 0.0927. The van der Waals surface area contributed by atoms with E-state index in [1.165, 1.54) is 38.5 Å². The summed E-state index contributed by atoms with van der Waals surface area (Å²) in [5, 5.41) is 22.2. The Bertz CT molecular complexity index is 476. The maximum Gasteiger partial charge on any atom is 0.0701 e. The van der Waals surface area contributed by atoms with Crippen LogP contribution in [0.4, 0.5) is 0 Å². The summed E-state index contributed by atoms with van der Waals surface area (Å²) in [5.74, 6) is 2.85. The summed E-state index contributed by atoms with van der Waals surface area (Å²) in [4.78, 5) is 0. The second-order valence-electron chi connectivity index (χ2n) is 9.84. The fraction of sp³-hybridized carbons (Fsp3) is 1.00. The Labute approximate surface area is 142 Å². The van der Waals surface area contributed by atoms with Crippen LogP contribution in [-0.2, 0) is 0 Å². The lowest BCUT2D eigenvalue weighted by Gasteiger charge is -2.62. The summed E-state index contributed by atoms with van der Waals surface area (Å²) in [6.45, 7) is 6.97. The van der Waals surface area contributed by atoms with E-state index in [0.29, 0.717) is 11.8 Å². The predicted molar refractivity (Wildman–Crippen MR) is 93.0 cm³/mol. The number of aliphatic hydroxyl groups excluding tert-OH is 1. The second kappa shape index (κ2) is 5.21. The average molecular weight is 321 g/mol. The molecular formula is C21H36O2. The van der Waals surface area contributed by atoms with Gasteiger partial charge in [0.25, 0.3) is 0 Å². The Hall–Kier alpha value is -0.0800. The van der Waals surface area contributed by atoms with Crippen molar-refractivity contribution in [1.29, 1.82) is 0 Å². The van der Waals surface area contributed by atoms with E-state index in [4.69, 9.17) is 0 Å². The zero-order valence-corrected chi connectivity index (χ0v) is 15.4. The van der Waals surface area contributed by atoms with Crippen molar-refractivity contribution in [2.45, 2.75) is 96.7 Å². The highest BCUT2D eigenvalue weighted by Gasteiger charge is 2.64. The van der Waals surface area contributed by atoms with Crippen LogP contribution in [0.1, 0.15) is 85.0 Å². The monoisotopic (exact) mass is 320 g/mol. The lowest BCUT2D eigenvalue weighted by molar-refractivity contribution is -0.181. The first-order valence-corrected chi connectivity index (χ1v) is 10.3. The minimum atomic E-state index is -0.439. The van der Waals surface area contributed by atoms with E-state index in [1.807, 2.05) is 0 Å². The van der Waals surface area contributed by atoms with Gasteiger partial charge >= 0.3 is 0 Å². The Morgan fingerprint density at radius 2 is 1.65 bits per heavy atom. The molecule has 2 unspecified atom stereocenters. The summed E-state index contributed by atoms with van der Waals surface area (Å²) < 4.78 is 0. The number of hydrogen-bond donors (Lipinski definition) is 2. The zero-order valence-electron chi connectivity index (χ0n) is 15.4. The van der Waals surface area contributed by atoms with Crippen LogP contribution in [0.5, 0.6) is 0 Å². The van der Waals surface area contributed by atoms with Crippen molar-refractivity contribution in [2.24, 2.45) is 34.5 Å². The van der Waals surface area contributed by atoms with E-state index in [0.717, 1.165) is 37.5 Å². The van der Waals surface area contributed by atoms with Gasteiger partial charge < -0.3 is 10.2 Å². The Balaban J connectivity index is 1.67. The fourth-order valence-electron chi connectivity index (χ4n) is 8.00. The molecule has 0 heterocycles. The van der Waals surface area contributed by atoms with Gasteiger partial charge in [0.2, 0.25) is 0 Å². The molecule has 4 saturated carbocycles. The molecule has 132 valence electrons. The Kier molecular flexibility index (Phi) is 3.71. The van der Waals surface area contributed by atoms with E-state index in [2.05, 4.69) is 20.8 Å². The Morgan fingerprint density at radius 3 is 2.39 bits per heavy atom. The average Bonchev–Trinajstić information content (AvgIpc) is 2.81. The Morgan fingerprint density at radius 1 is 0.913 bits per heavy atom. The van der Waals surface area contributed by atoms with Gasteiger partial charge in [0, 0.05) is 0 Å². The highest BCUT2D eigenvalue weighted by molar-refractivity contribution is 5.14. The van der Waals surface area contributed by atoms with Gasteiger partial charge in [0.1, 0.15) is 0 Å². The highest BCUT2D eigenvalue weighted by atomic mass is 16.3. The fourth-order valence-corrected chi connectivity index (χ4v) is 8.00. The lowest BCUT2D eigenvalue weighted by Crippen LogP contribution is -2.59. The molecule has 0 aliphatic heterocycles. The van der Waals surface area contributed by atoms with Crippen molar-refractivity contribution in [1.82, 2.24) is 0 Å². The molecule has 4 fully saturated rings. The first-order valence-electron chi connectivity index (χ1n) is 10.3. The molecule has 4 rings (SSSR count). The van der Waals surface area contributed by atoms with Gasteiger partial charge in [-0.25, -0.2) is 0 Å². The maximum atomic E-state index is 11.2. The molecule has 0 aromatic rings. The van der Waals surface area contributed by atoms with Gasteiger partial charge in [-0.15, -0.1) is 0 Å². The van der Waals surface area contributed by atoms with E-state index in [-0.39, 0.29) is 16.9 Å². The van der Waals surface area contributed by atoms with Crippen LogP contribution >= 0.6 is 0 Å². The van der Waals surface area contributed by atoms with Crippen LogP contribution in [0, 0.1) is 34.5 Å². The second-order valence-corrected chi connectivity index (χ2v) is 9.84. The molecule has 0 spiro atoms. The molecule has 23 heavy (non-hydrogen) atoms. The van der Waals surface area contributed by atoms with Gasteiger partial charge in [-0.3, -0.25) is 0 Å². The first-order chi connectivity index (χ1) is 10.9. The van der Waals surface area contributed by atoms with Gasteiger partial charge in [-0.05, 0) is 92.3 Å². The molecule has 0 aromatic heterocycles. The molecule has 0 amide bonds. The van der Waals surface area contributed by atoms with Gasteiger partial charge in [-0.1, -0.05) is 27.2 Å². The van der Waals surface area contributed by atoms with Crippen LogP contribution in [0.15, 0.2) is 0 Å². The van der Waals surface area contributed by atoms with Crippen LogP contribution < -0.4 is 0 Å². The molecule has 0 saturated heterocycles.